The zero-order valence-corrected chi connectivity index (χ0v) is 14.7. The van der Waals surface area contributed by atoms with Gasteiger partial charge in [0.2, 0.25) is 10.0 Å². The lowest BCUT2D eigenvalue weighted by atomic mass is 10.1. The molecule has 0 N–H and O–H groups in total. The molecule has 0 amide bonds. The van der Waals surface area contributed by atoms with Crippen LogP contribution in [0.3, 0.4) is 0 Å². The van der Waals surface area contributed by atoms with Gasteiger partial charge in [-0.05, 0) is 24.6 Å². The van der Waals surface area contributed by atoms with E-state index in [4.69, 9.17) is 21.1 Å². The van der Waals surface area contributed by atoms with Crippen molar-refractivity contribution in [2.45, 2.75) is 13.5 Å². The van der Waals surface area contributed by atoms with Gasteiger partial charge in [0.15, 0.2) is 11.5 Å². The SMILES string of the molecule is CCS(=O)(=O)N1CCN(Cc2cc(Cl)c3c(c2)OCCO3)CC1. The molecule has 0 bridgehead atoms. The molecule has 3 rings (SSSR count). The minimum Gasteiger partial charge on any atom is -0.486 e. The molecule has 0 atom stereocenters. The first-order chi connectivity index (χ1) is 11.0. The number of hydrogen-bond donors (Lipinski definition) is 0. The van der Waals surface area contributed by atoms with Crippen LogP contribution in [-0.4, -0.2) is 62.8 Å². The van der Waals surface area contributed by atoms with Gasteiger partial charge in [-0.2, -0.15) is 4.31 Å². The van der Waals surface area contributed by atoms with E-state index in [1.807, 2.05) is 12.1 Å². The molecule has 2 heterocycles. The van der Waals surface area contributed by atoms with Crippen molar-refractivity contribution in [3.63, 3.8) is 0 Å². The maximum absolute atomic E-state index is 11.9. The Labute approximate surface area is 142 Å². The first kappa shape index (κ1) is 16.8. The minimum atomic E-state index is -3.09. The van der Waals surface area contributed by atoms with Crippen molar-refractivity contribution >= 4 is 21.6 Å². The summed E-state index contributed by atoms with van der Waals surface area (Å²) in [5, 5.41) is 0.560. The predicted molar refractivity (Wildman–Crippen MR) is 88.8 cm³/mol. The summed E-state index contributed by atoms with van der Waals surface area (Å²) in [5.41, 5.74) is 1.05. The maximum Gasteiger partial charge on any atom is 0.213 e. The van der Waals surface area contributed by atoms with Gasteiger partial charge in [-0.25, -0.2) is 8.42 Å². The Bertz CT molecular complexity index is 672. The lowest BCUT2D eigenvalue weighted by molar-refractivity contribution is 0.169. The molecule has 2 aliphatic heterocycles. The monoisotopic (exact) mass is 360 g/mol. The fourth-order valence-corrected chi connectivity index (χ4v) is 4.23. The van der Waals surface area contributed by atoms with Crippen molar-refractivity contribution in [3.05, 3.63) is 22.7 Å². The van der Waals surface area contributed by atoms with Gasteiger partial charge in [0.05, 0.1) is 10.8 Å². The Morgan fingerprint density at radius 3 is 2.52 bits per heavy atom. The summed E-state index contributed by atoms with van der Waals surface area (Å²) < 4.78 is 36.5. The van der Waals surface area contributed by atoms with E-state index >= 15 is 0 Å². The highest BCUT2D eigenvalue weighted by Crippen LogP contribution is 2.38. The summed E-state index contributed by atoms with van der Waals surface area (Å²) in [4.78, 5) is 2.23. The zero-order valence-electron chi connectivity index (χ0n) is 13.1. The highest BCUT2D eigenvalue weighted by molar-refractivity contribution is 7.89. The molecule has 0 spiro atoms. The summed E-state index contributed by atoms with van der Waals surface area (Å²) in [5.74, 6) is 1.46. The number of benzene rings is 1. The number of halogens is 1. The second-order valence-electron chi connectivity index (χ2n) is 5.68. The summed E-state index contributed by atoms with van der Waals surface area (Å²) >= 11 is 6.26. The molecule has 23 heavy (non-hydrogen) atoms. The summed E-state index contributed by atoms with van der Waals surface area (Å²) in [6, 6.07) is 3.85. The van der Waals surface area contributed by atoms with Gasteiger partial charge in [0, 0.05) is 32.7 Å². The van der Waals surface area contributed by atoms with E-state index in [0.717, 1.165) is 12.1 Å². The second kappa shape index (κ2) is 6.84. The van der Waals surface area contributed by atoms with Crippen LogP contribution in [0.2, 0.25) is 5.02 Å². The van der Waals surface area contributed by atoms with Crippen LogP contribution in [0.4, 0.5) is 0 Å². The van der Waals surface area contributed by atoms with Gasteiger partial charge in [-0.15, -0.1) is 0 Å². The third kappa shape index (κ3) is 3.74. The molecule has 0 unspecified atom stereocenters. The highest BCUT2D eigenvalue weighted by Gasteiger charge is 2.26. The maximum atomic E-state index is 11.9. The minimum absolute atomic E-state index is 0.158. The Morgan fingerprint density at radius 1 is 1.13 bits per heavy atom. The van der Waals surface area contributed by atoms with Crippen molar-refractivity contribution in [2.24, 2.45) is 0 Å². The standard InChI is InChI=1S/C15H21ClN2O4S/c1-2-23(19,20)18-5-3-17(4-6-18)11-12-9-13(16)15-14(10-12)21-7-8-22-15/h9-10H,2-8,11H2,1H3. The van der Waals surface area contributed by atoms with E-state index < -0.39 is 10.0 Å². The van der Waals surface area contributed by atoms with Gasteiger partial charge in [0.1, 0.15) is 13.2 Å². The van der Waals surface area contributed by atoms with Gasteiger partial charge in [-0.3, -0.25) is 4.90 Å². The van der Waals surface area contributed by atoms with Crippen molar-refractivity contribution in [1.29, 1.82) is 0 Å². The molecule has 1 saturated heterocycles. The van der Waals surface area contributed by atoms with Crippen molar-refractivity contribution in [3.8, 4) is 11.5 Å². The lowest BCUT2D eigenvalue weighted by Gasteiger charge is -2.34. The van der Waals surface area contributed by atoms with Crippen LogP contribution in [-0.2, 0) is 16.6 Å². The molecule has 1 aromatic carbocycles. The fraction of sp³-hybridized carbons (Fsp3) is 0.600. The van der Waals surface area contributed by atoms with Crippen LogP contribution >= 0.6 is 11.6 Å². The van der Waals surface area contributed by atoms with Crippen LogP contribution < -0.4 is 9.47 Å². The van der Waals surface area contributed by atoms with Crippen molar-refractivity contribution in [2.75, 3.05) is 45.1 Å². The fourth-order valence-electron chi connectivity index (χ4n) is 2.86. The second-order valence-corrected chi connectivity index (χ2v) is 8.34. The van der Waals surface area contributed by atoms with Crippen LogP contribution in [0.15, 0.2) is 12.1 Å². The Hall–Kier alpha value is -1.02. The topological polar surface area (TPSA) is 59.1 Å². The summed E-state index contributed by atoms with van der Waals surface area (Å²) in [6.07, 6.45) is 0. The molecule has 6 nitrogen and oxygen atoms in total. The molecular formula is C15H21ClN2O4S. The predicted octanol–water partition coefficient (Wildman–Crippen LogP) is 1.58. The average Bonchev–Trinajstić information content (AvgIpc) is 2.55. The quantitative estimate of drug-likeness (QED) is 0.816. The van der Waals surface area contributed by atoms with Crippen LogP contribution in [0.25, 0.3) is 0 Å². The molecule has 0 aliphatic carbocycles. The van der Waals surface area contributed by atoms with E-state index in [2.05, 4.69) is 4.90 Å². The van der Waals surface area contributed by atoms with E-state index in [1.165, 1.54) is 0 Å². The van der Waals surface area contributed by atoms with Crippen molar-refractivity contribution in [1.82, 2.24) is 9.21 Å². The molecule has 2 aliphatic rings. The number of sulfonamides is 1. The molecule has 0 saturated carbocycles. The van der Waals surface area contributed by atoms with Crippen LogP contribution in [0.5, 0.6) is 11.5 Å². The van der Waals surface area contributed by atoms with E-state index in [0.29, 0.717) is 55.9 Å². The number of piperazine rings is 1. The molecular weight excluding hydrogens is 340 g/mol. The van der Waals surface area contributed by atoms with Gasteiger partial charge < -0.3 is 9.47 Å². The average molecular weight is 361 g/mol. The lowest BCUT2D eigenvalue weighted by Crippen LogP contribution is -2.48. The van der Waals surface area contributed by atoms with Gasteiger partial charge in [0.25, 0.3) is 0 Å². The zero-order chi connectivity index (χ0) is 16.4. The van der Waals surface area contributed by atoms with E-state index in [-0.39, 0.29) is 5.75 Å². The summed E-state index contributed by atoms with van der Waals surface area (Å²) in [6.45, 7) is 5.94. The molecule has 128 valence electrons. The van der Waals surface area contributed by atoms with Gasteiger partial charge >= 0.3 is 0 Å². The molecule has 0 aromatic heterocycles. The third-order valence-electron chi connectivity index (χ3n) is 4.15. The highest BCUT2D eigenvalue weighted by atomic mass is 35.5. The van der Waals surface area contributed by atoms with E-state index in [9.17, 15) is 8.42 Å². The first-order valence-electron chi connectivity index (χ1n) is 7.78. The van der Waals surface area contributed by atoms with Crippen molar-refractivity contribution < 1.29 is 17.9 Å². The smallest absolute Gasteiger partial charge is 0.213 e. The molecule has 1 aromatic rings. The van der Waals surface area contributed by atoms with E-state index in [1.54, 1.807) is 11.2 Å². The Kier molecular flexibility index (Phi) is 5.01. The Morgan fingerprint density at radius 2 is 1.83 bits per heavy atom. The Balaban J connectivity index is 1.64. The number of ether oxygens (including phenoxy) is 2. The number of fused-ring (bicyclic) bond motifs is 1. The normalized spacial score (nSPS) is 19.7. The first-order valence-corrected chi connectivity index (χ1v) is 9.76. The molecule has 8 heteroatoms. The largest absolute Gasteiger partial charge is 0.486 e. The van der Waals surface area contributed by atoms with Gasteiger partial charge in [-0.1, -0.05) is 11.6 Å². The molecule has 1 fully saturated rings. The van der Waals surface area contributed by atoms with Crippen LogP contribution in [0, 0.1) is 0 Å². The third-order valence-corrected chi connectivity index (χ3v) is 6.31. The molecule has 0 radical (unpaired) electrons. The number of hydrogen-bond acceptors (Lipinski definition) is 5. The van der Waals surface area contributed by atoms with Crippen LogP contribution in [0.1, 0.15) is 12.5 Å². The number of rotatable bonds is 4. The summed E-state index contributed by atoms with van der Waals surface area (Å²) in [7, 11) is -3.09. The number of nitrogens with zero attached hydrogens (tertiary/aromatic N) is 2.